The topological polar surface area (TPSA) is 75.6 Å². The van der Waals surface area contributed by atoms with Crippen LogP contribution in [0.1, 0.15) is 6.42 Å². The fourth-order valence-electron chi connectivity index (χ4n) is 1.26. The highest BCUT2D eigenvalue weighted by Crippen LogP contribution is 2.11. The lowest BCUT2D eigenvalue weighted by molar-refractivity contribution is 0.190. The Labute approximate surface area is 88.4 Å². The number of hydrogen-bond donors (Lipinski definition) is 2. The number of ether oxygens (including phenoxy) is 1. The molecule has 14 heavy (non-hydrogen) atoms. The van der Waals surface area contributed by atoms with Gasteiger partial charge in [0.25, 0.3) is 5.17 Å². The second-order valence-electron chi connectivity index (χ2n) is 3.10. The summed E-state index contributed by atoms with van der Waals surface area (Å²) in [4.78, 5) is 0. The quantitative estimate of drug-likeness (QED) is 0.619. The SMILES string of the molecule is O=S1(=O)CCC(NC(=S)OCCO)C1. The van der Waals surface area contributed by atoms with E-state index in [1.165, 1.54) is 0 Å². The van der Waals surface area contributed by atoms with E-state index in [0.717, 1.165) is 0 Å². The molecule has 5 nitrogen and oxygen atoms in total. The van der Waals surface area contributed by atoms with Crippen LogP contribution in [0.25, 0.3) is 0 Å². The zero-order chi connectivity index (χ0) is 10.6. The van der Waals surface area contributed by atoms with E-state index in [4.69, 9.17) is 22.1 Å². The molecular formula is C7H13NO4S2. The summed E-state index contributed by atoms with van der Waals surface area (Å²) in [7, 11) is -2.89. The molecule has 1 heterocycles. The summed E-state index contributed by atoms with van der Waals surface area (Å²) in [6, 6.07) is -0.147. The fraction of sp³-hybridized carbons (Fsp3) is 0.857. The Morgan fingerprint density at radius 1 is 1.64 bits per heavy atom. The van der Waals surface area contributed by atoms with Gasteiger partial charge in [-0.3, -0.25) is 0 Å². The van der Waals surface area contributed by atoms with E-state index in [2.05, 4.69) is 5.32 Å². The van der Waals surface area contributed by atoms with Crippen LogP contribution in [-0.4, -0.2) is 49.5 Å². The zero-order valence-electron chi connectivity index (χ0n) is 7.60. The van der Waals surface area contributed by atoms with E-state index in [-0.39, 0.29) is 35.9 Å². The van der Waals surface area contributed by atoms with Gasteiger partial charge in [-0.05, 0) is 18.6 Å². The van der Waals surface area contributed by atoms with Crippen molar-refractivity contribution in [1.29, 1.82) is 0 Å². The maximum absolute atomic E-state index is 11.1. The summed E-state index contributed by atoms with van der Waals surface area (Å²) in [5, 5.41) is 11.4. The van der Waals surface area contributed by atoms with Gasteiger partial charge in [-0.1, -0.05) is 0 Å². The van der Waals surface area contributed by atoms with Crippen molar-refractivity contribution in [2.75, 3.05) is 24.7 Å². The molecule has 0 saturated carbocycles. The number of aliphatic hydroxyl groups is 1. The average molecular weight is 239 g/mol. The van der Waals surface area contributed by atoms with Gasteiger partial charge in [0, 0.05) is 6.04 Å². The molecule has 0 bridgehead atoms. The Hall–Kier alpha value is -0.400. The highest BCUT2D eigenvalue weighted by Gasteiger charge is 2.28. The lowest BCUT2D eigenvalue weighted by Crippen LogP contribution is -2.36. The zero-order valence-corrected chi connectivity index (χ0v) is 9.23. The smallest absolute Gasteiger partial charge is 0.256 e. The number of thiocarbonyl (C=S) groups is 1. The first-order valence-electron chi connectivity index (χ1n) is 4.28. The molecule has 7 heteroatoms. The van der Waals surface area contributed by atoms with Crippen molar-refractivity contribution in [3.63, 3.8) is 0 Å². The molecule has 0 spiro atoms. The summed E-state index contributed by atoms with van der Waals surface area (Å²) in [6.45, 7) is 0.0239. The number of aliphatic hydroxyl groups excluding tert-OH is 1. The van der Waals surface area contributed by atoms with Crippen molar-refractivity contribution in [2.24, 2.45) is 0 Å². The average Bonchev–Trinajstić information content (AvgIpc) is 2.42. The standard InChI is InChI=1S/C7H13NO4S2/c9-2-3-12-7(13)8-6-1-4-14(10,11)5-6/h6,9H,1-5H2,(H,8,13). The minimum Gasteiger partial charge on any atom is -0.469 e. The Kier molecular flexibility index (Phi) is 4.09. The molecule has 1 aliphatic heterocycles. The van der Waals surface area contributed by atoms with Gasteiger partial charge in [-0.15, -0.1) is 0 Å². The summed E-state index contributed by atoms with van der Waals surface area (Å²) in [5.41, 5.74) is 0. The Morgan fingerprint density at radius 2 is 2.36 bits per heavy atom. The largest absolute Gasteiger partial charge is 0.469 e. The lowest BCUT2D eigenvalue weighted by atomic mass is 10.3. The van der Waals surface area contributed by atoms with Crippen LogP contribution in [0.5, 0.6) is 0 Å². The lowest BCUT2D eigenvalue weighted by Gasteiger charge is -2.12. The van der Waals surface area contributed by atoms with Gasteiger partial charge in [-0.25, -0.2) is 8.42 Å². The highest BCUT2D eigenvalue weighted by atomic mass is 32.2. The Bertz CT molecular complexity index is 301. The molecule has 0 amide bonds. The molecule has 1 rings (SSSR count). The van der Waals surface area contributed by atoms with Crippen molar-refractivity contribution in [3.05, 3.63) is 0 Å². The van der Waals surface area contributed by atoms with Gasteiger partial charge in [0.1, 0.15) is 6.61 Å². The van der Waals surface area contributed by atoms with Crippen LogP contribution in [0.2, 0.25) is 0 Å². The molecule has 1 unspecified atom stereocenters. The van der Waals surface area contributed by atoms with E-state index in [9.17, 15) is 8.42 Å². The Balaban J connectivity index is 2.29. The molecule has 0 aromatic carbocycles. The van der Waals surface area contributed by atoms with Crippen molar-refractivity contribution in [1.82, 2.24) is 5.32 Å². The van der Waals surface area contributed by atoms with Crippen molar-refractivity contribution < 1.29 is 18.3 Å². The van der Waals surface area contributed by atoms with E-state index in [1.54, 1.807) is 0 Å². The second-order valence-corrected chi connectivity index (χ2v) is 5.70. The van der Waals surface area contributed by atoms with Crippen molar-refractivity contribution in [2.45, 2.75) is 12.5 Å². The van der Waals surface area contributed by atoms with Gasteiger partial charge < -0.3 is 15.2 Å². The van der Waals surface area contributed by atoms with Crippen LogP contribution < -0.4 is 5.32 Å². The van der Waals surface area contributed by atoms with Crippen molar-refractivity contribution in [3.8, 4) is 0 Å². The summed E-state index contributed by atoms with van der Waals surface area (Å²) >= 11 is 4.79. The first kappa shape index (κ1) is 11.7. The summed E-state index contributed by atoms with van der Waals surface area (Å²) < 4.78 is 27.0. The second kappa shape index (κ2) is 4.90. The van der Waals surface area contributed by atoms with Gasteiger partial charge in [0.2, 0.25) is 0 Å². The van der Waals surface area contributed by atoms with Gasteiger partial charge in [0.15, 0.2) is 9.84 Å². The first-order chi connectivity index (χ1) is 6.53. The van der Waals surface area contributed by atoms with E-state index < -0.39 is 9.84 Å². The molecule has 0 aromatic heterocycles. The third-order valence-electron chi connectivity index (χ3n) is 1.88. The van der Waals surface area contributed by atoms with Crippen LogP contribution in [0.3, 0.4) is 0 Å². The van der Waals surface area contributed by atoms with Gasteiger partial charge >= 0.3 is 0 Å². The van der Waals surface area contributed by atoms with E-state index in [0.29, 0.717) is 6.42 Å². The summed E-state index contributed by atoms with van der Waals surface area (Å²) in [5.74, 6) is 0.308. The molecule has 1 fully saturated rings. The maximum atomic E-state index is 11.1. The third kappa shape index (κ3) is 3.77. The van der Waals surface area contributed by atoms with Gasteiger partial charge in [-0.2, -0.15) is 0 Å². The predicted octanol–water partition coefficient (Wildman–Crippen LogP) is -0.943. The van der Waals surface area contributed by atoms with E-state index in [1.807, 2.05) is 0 Å². The molecular weight excluding hydrogens is 226 g/mol. The van der Waals surface area contributed by atoms with Crippen molar-refractivity contribution >= 4 is 27.2 Å². The minimum absolute atomic E-state index is 0.106. The predicted molar refractivity (Wildman–Crippen MR) is 55.8 cm³/mol. The van der Waals surface area contributed by atoms with Crippen LogP contribution in [-0.2, 0) is 14.6 Å². The van der Waals surface area contributed by atoms with Crippen LogP contribution in [0.15, 0.2) is 0 Å². The normalized spacial score (nSPS) is 24.5. The third-order valence-corrected chi connectivity index (χ3v) is 3.88. The molecule has 0 aromatic rings. The van der Waals surface area contributed by atoms with Gasteiger partial charge in [0.05, 0.1) is 18.1 Å². The molecule has 0 aliphatic carbocycles. The molecule has 1 saturated heterocycles. The fourth-order valence-corrected chi connectivity index (χ4v) is 3.18. The van der Waals surface area contributed by atoms with E-state index >= 15 is 0 Å². The maximum Gasteiger partial charge on any atom is 0.256 e. The molecule has 2 N–H and O–H groups in total. The molecule has 82 valence electrons. The first-order valence-corrected chi connectivity index (χ1v) is 6.51. The number of nitrogens with one attached hydrogen (secondary N) is 1. The minimum atomic E-state index is -2.89. The molecule has 0 radical (unpaired) electrons. The number of rotatable bonds is 3. The summed E-state index contributed by atoms with van der Waals surface area (Å²) in [6.07, 6.45) is 0.560. The molecule has 1 atom stereocenters. The van der Waals surface area contributed by atoms with Crippen LogP contribution in [0.4, 0.5) is 0 Å². The highest BCUT2D eigenvalue weighted by molar-refractivity contribution is 7.91. The Morgan fingerprint density at radius 3 is 2.86 bits per heavy atom. The molecule has 1 aliphatic rings. The monoisotopic (exact) mass is 239 g/mol. The number of hydrogen-bond acceptors (Lipinski definition) is 5. The van der Waals surface area contributed by atoms with Crippen LogP contribution in [0, 0.1) is 0 Å². The van der Waals surface area contributed by atoms with Crippen LogP contribution >= 0.6 is 12.2 Å². The number of sulfone groups is 1.